The fourth-order valence-corrected chi connectivity index (χ4v) is 2.65. The number of fused-ring (bicyclic) bond motifs is 1. The van der Waals surface area contributed by atoms with Crippen molar-refractivity contribution in [2.24, 2.45) is 5.92 Å². The maximum absolute atomic E-state index is 11.5. The number of hydrogen-bond donors (Lipinski definition) is 0. The molecular formula is C13H15BrO3. The van der Waals surface area contributed by atoms with Gasteiger partial charge in [-0.3, -0.25) is 0 Å². The van der Waals surface area contributed by atoms with Crippen LogP contribution < -0.4 is 4.74 Å². The second-order valence-electron chi connectivity index (χ2n) is 4.38. The first-order valence-corrected chi connectivity index (χ1v) is 6.44. The third-order valence-corrected chi connectivity index (χ3v) is 3.56. The molecule has 1 heterocycles. The minimum absolute atomic E-state index is 0.314. The number of carbonyl (C=O) groups is 1. The highest BCUT2D eigenvalue weighted by atomic mass is 79.9. The van der Waals surface area contributed by atoms with Gasteiger partial charge in [-0.25, -0.2) is 4.79 Å². The molecule has 0 fully saturated rings. The molecule has 0 amide bonds. The van der Waals surface area contributed by atoms with Crippen LogP contribution >= 0.6 is 15.9 Å². The summed E-state index contributed by atoms with van der Waals surface area (Å²) in [6.07, 6.45) is 1.97. The van der Waals surface area contributed by atoms with Gasteiger partial charge in [-0.1, -0.05) is 6.92 Å². The van der Waals surface area contributed by atoms with Crippen LogP contribution in [0.5, 0.6) is 5.75 Å². The van der Waals surface area contributed by atoms with Gasteiger partial charge >= 0.3 is 5.97 Å². The Bertz CT molecular complexity index is 443. The van der Waals surface area contributed by atoms with Crippen molar-refractivity contribution in [1.29, 1.82) is 0 Å². The third-order valence-electron chi connectivity index (χ3n) is 2.97. The second-order valence-corrected chi connectivity index (χ2v) is 5.24. The zero-order valence-corrected chi connectivity index (χ0v) is 11.5. The monoisotopic (exact) mass is 298 g/mol. The lowest BCUT2D eigenvalue weighted by Crippen LogP contribution is -2.04. The SMILES string of the molecule is COC(=O)c1cc(Br)c2c(c1)CC(C)CCO2. The number of rotatable bonds is 1. The average Bonchev–Trinajstić information content (AvgIpc) is 2.49. The van der Waals surface area contributed by atoms with Crippen molar-refractivity contribution in [3.05, 3.63) is 27.7 Å². The molecule has 0 radical (unpaired) electrons. The van der Waals surface area contributed by atoms with E-state index >= 15 is 0 Å². The Kier molecular flexibility index (Phi) is 3.72. The van der Waals surface area contributed by atoms with Crippen molar-refractivity contribution in [3.63, 3.8) is 0 Å². The number of benzene rings is 1. The van der Waals surface area contributed by atoms with E-state index in [2.05, 4.69) is 22.9 Å². The molecule has 1 atom stereocenters. The van der Waals surface area contributed by atoms with E-state index in [9.17, 15) is 4.79 Å². The van der Waals surface area contributed by atoms with Gasteiger partial charge in [-0.05, 0) is 52.4 Å². The Hall–Kier alpha value is -1.03. The van der Waals surface area contributed by atoms with Gasteiger partial charge in [0, 0.05) is 0 Å². The zero-order chi connectivity index (χ0) is 12.4. The van der Waals surface area contributed by atoms with Crippen molar-refractivity contribution in [3.8, 4) is 5.75 Å². The molecule has 3 nitrogen and oxygen atoms in total. The van der Waals surface area contributed by atoms with Crippen LogP contribution in [0.4, 0.5) is 0 Å². The van der Waals surface area contributed by atoms with Crippen molar-refractivity contribution in [2.75, 3.05) is 13.7 Å². The number of esters is 1. The minimum atomic E-state index is -0.314. The summed E-state index contributed by atoms with van der Waals surface area (Å²) < 4.78 is 11.3. The highest BCUT2D eigenvalue weighted by Gasteiger charge is 2.19. The molecule has 0 spiro atoms. The van der Waals surface area contributed by atoms with E-state index in [0.29, 0.717) is 11.5 Å². The Balaban J connectivity index is 2.44. The van der Waals surface area contributed by atoms with Gasteiger partial charge in [0.2, 0.25) is 0 Å². The molecule has 0 saturated carbocycles. The maximum Gasteiger partial charge on any atom is 0.337 e. The Morgan fingerprint density at radius 3 is 3.00 bits per heavy atom. The minimum Gasteiger partial charge on any atom is -0.492 e. The lowest BCUT2D eigenvalue weighted by Gasteiger charge is -2.11. The van der Waals surface area contributed by atoms with Gasteiger partial charge in [0.1, 0.15) is 5.75 Å². The average molecular weight is 299 g/mol. The van der Waals surface area contributed by atoms with Crippen LogP contribution in [0.2, 0.25) is 0 Å². The molecule has 0 bridgehead atoms. The lowest BCUT2D eigenvalue weighted by atomic mass is 9.97. The first kappa shape index (κ1) is 12.4. The van der Waals surface area contributed by atoms with E-state index in [-0.39, 0.29) is 5.97 Å². The van der Waals surface area contributed by atoms with Crippen LogP contribution in [0.1, 0.15) is 29.3 Å². The van der Waals surface area contributed by atoms with E-state index in [1.54, 1.807) is 6.07 Å². The van der Waals surface area contributed by atoms with E-state index < -0.39 is 0 Å². The molecular weight excluding hydrogens is 284 g/mol. The number of methoxy groups -OCH3 is 1. The standard InChI is InChI=1S/C13H15BrO3/c1-8-3-4-17-12-9(5-8)6-10(7-11(12)14)13(15)16-2/h6-8H,3-5H2,1-2H3. The Morgan fingerprint density at radius 1 is 1.53 bits per heavy atom. The smallest absolute Gasteiger partial charge is 0.337 e. The van der Waals surface area contributed by atoms with E-state index in [1.165, 1.54) is 7.11 Å². The van der Waals surface area contributed by atoms with Crippen molar-refractivity contribution in [1.82, 2.24) is 0 Å². The zero-order valence-electron chi connectivity index (χ0n) is 9.96. The molecule has 0 aliphatic carbocycles. The van der Waals surface area contributed by atoms with Crippen LogP contribution in [-0.2, 0) is 11.2 Å². The fourth-order valence-electron chi connectivity index (χ4n) is 2.04. The predicted molar refractivity (Wildman–Crippen MR) is 68.5 cm³/mol. The van der Waals surface area contributed by atoms with E-state index in [4.69, 9.17) is 9.47 Å². The van der Waals surface area contributed by atoms with Gasteiger partial charge in [0.25, 0.3) is 0 Å². The summed E-state index contributed by atoms with van der Waals surface area (Å²) in [7, 11) is 1.39. The topological polar surface area (TPSA) is 35.5 Å². The first-order valence-electron chi connectivity index (χ1n) is 5.65. The van der Waals surface area contributed by atoms with Crippen LogP contribution in [0, 0.1) is 5.92 Å². The Labute approximate surface area is 109 Å². The lowest BCUT2D eigenvalue weighted by molar-refractivity contribution is 0.0600. The highest BCUT2D eigenvalue weighted by Crippen LogP contribution is 2.35. The van der Waals surface area contributed by atoms with Gasteiger partial charge in [0.05, 0.1) is 23.8 Å². The summed E-state index contributed by atoms with van der Waals surface area (Å²) in [6.45, 7) is 2.92. The molecule has 1 aliphatic heterocycles. The summed E-state index contributed by atoms with van der Waals surface area (Å²) >= 11 is 3.45. The van der Waals surface area contributed by atoms with E-state index in [1.807, 2.05) is 6.07 Å². The number of hydrogen-bond acceptors (Lipinski definition) is 3. The fraction of sp³-hybridized carbons (Fsp3) is 0.462. The van der Waals surface area contributed by atoms with Crippen LogP contribution in [0.15, 0.2) is 16.6 Å². The third kappa shape index (κ3) is 2.63. The molecule has 1 unspecified atom stereocenters. The normalized spacial score (nSPS) is 18.9. The van der Waals surface area contributed by atoms with Gasteiger partial charge < -0.3 is 9.47 Å². The van der Waals surface area contributed by atoms with Gasteiger partial charge in [0.15, 0.2) is 0 Å². The second kappa shape index (κ2) is 5.08. The van der Waals surface area contributed by atoms with Crippen molar-refractivity contribution < 1.29 is 14.3 Å². The summed E-state index contributed by atoms with van der Waals surface area (Å²) in [4.78, 5) is 11.5. The molecule has 17 heavy (non-hydrogen) atoms. The number of carbonyl (C=O) groups excluding carboxylic acids is 1. The number of halogens is 1. The van der Waals surface area contributed by atoms with E-state index in [0.717, 1.165) is 35.2 Å². The Morgan fingerprint density at radius 2 is 2.29 bits per heavy atom. The molecule has 4 heteroatoms. The summed E-state index contributed by atoms with van der Waals surface area (Å²) in [5, 5.41) is 0. The molecule has 1 aromatic rings. The highest BCUT2D eigenvalue weighted by molar-refractivity contribution is 9.10. The van der Waals surface area contributed by atoms with Crippen molar-refractivity contribution >= 4 is 21.9 Å². The predicted octanol–water partition coefficient (Wildman–Crippen LogP) is 3.20. The quantitative estimate of drug-likeness (QED) is 0.747. The molecule has 1 aromatic carbocycles. The summed E-state index contributed by atoms with van der Waals surface area (Å²) in [5.41, 5.74) is 1.64. The van der Waals surface area contributed by atoms with Crippen LogP contribution in [-0.4, -0.2) is 19.7 Å². The summed E-state index contributed by atoms with van der Waals surface area (Å²) in [5.74, 6) is 1.11. The van der Waals surface area contributed by atoms with Crippen molar-refractivity contribution in [2.45, 2.75) is 19.8 Å². The molecule has 0 saturated heterocycles. The molecule has 0 N–H and O–H groups in total. The molecule has 92 valence electrons. The van der Waals surface area contributed by atoms with Gasteiger partial charge in [-0.15, -0.1) is 0 Å². The largest absolute Gasteiger partial charge is 0.492 e. The molecule has 1 aliphatic rings. The molecule has 2 rings (SSSR count). The molecule has 0 aromatic heterocycles. The van der Waals surface area contributed by atoms with Gasteiger partial charge in [-0.2, -0.15) is 0 Å². The van der Waals surface area contributed by atoms with Crippen LogP contribution in [0.3, 0.4) is 0 Å². The first-order chi connectivity index (χ1) is 8.11. The number of ether oxygens (including phenoxy) is 2. The summed E-state index contributed by atoms with van der Waals surface area (Å²) in [6, 6.07) is 3.62. The van der Waals surface area contributed by atoms with Crippen LogP contribution in [0.25, 0.3) is 0 Å². The maximum atomic E-state index is 11.5.